The van der Waals surface area contributed by atoms with E-state index in [1.54, 1.807) is 7.11 Å². The zero-order valence-electron chi connectivity index (χ0n) is 21.4. The highest BCUT2D eigenvalue weighted by atomic mass is 28.4. The second-order valence-electron chi connectivity index (χ2n) is 9.95. The van der Waals surface area contributed by atoms with Gasteiger partial charge in [0.1, 0.15) is 6.79 Å². The first-order valence-corrected chi connectivity index (χ1v) is 14.3. The highest BCUT2D eigenvalue weighted by molar-refractivity contribution is 6.99. The Morgan fingerprint density at radius 1 is 0.879 bits per heavy atom. The van der Waals surface area contributed by atoms with E-state index in [0.717, 1.165) is 32.1 Å². The lowest BCUT2D eigenvalue weighted by Gasteiger charge is -2.44. The van der Waals surface area contributed by atoms with Gasteiger partial charge in [0.15, 0.2) is 0 Å². The van der Waals surface area contributed by atoms with Crippen LogP contribution in [-0.2, 0) is 13.9 Å². The van der Waals surface area contributed by atoms with Gasteiger partial charge in [0, 0.05) is 13.2 Å². The van der Waals surface area contributed by atoms with E-state index in [-0.39, 0.29) is 17.2 Å². The summed E-state index contributed by atoms with van der Waals surface area (Å²) in [6.45, 7) is 13.5. The fourth-order valence-electron chi connectivity index (χ4n) is 4.65. The third-order valence-electron chi connectivity index (χ3n) is 6.28. The summed E-state index contributed by atoms with van der Waals surface area (Å²) in [5.74, 6) is 0. The standard InChI is InChI=1S/C29H44O3Si/c1-7-17-26(31-24-30-6)19-12-8-11-18-25(2)32-33(29(3,4)5,27-20-13-9-14-21-27)28-22-15-10-16-23-28/h7,9-10,13-16,20-23,25-26H,1,8,11-12,17-19,24H2,2-6H3/t25-,26+/m0/s1. The summed E-state index contributed by atoms with van der Waals surface area (Å²) in [5.41, 5.74) is 0. The molecule has 0 aliphatic heterocycles. The average Bonchev–Trinajstić information content (AvgIpc) is 2.81. The van der Waals surface area contributed by atoms with E-state index in [0.29, 0.717) is 6.79 Å². The lowest BCUT2D eigenvalue weighted by atomic mass is 10.1. The van der Waals surface area contributed by atoms with Crippen molar-refractivity contribution < 1.29 is 13.9 Å². The third kappa shape index (κ3) is 7.92. The minimum absolute atomic E-state index is 0.0144. The van der Waals surface area contributed by atoms with Crippen LogP contribution in [0.25, 0.3) is 0 Å². The molecule has 0 spiro atoms. The number of methoxy groups -OCH3 is 1. The fraction of sp³-hybridized carbons (Fsp3) is 0.517. The van der Waals surface area contributed by atoms with Crippen LogP contribution in [0.4, 0.5) is 0 Å². The molecule has 0 radical (unpaired) electrons. The van der Waals surface area contributed by atoms with E-state index >= 15 is 0 Å². The number of ether oxygens (including phenoxy) is 2. The van der Waals surface area contributed by atoms with Gasteiger partial charge in [-0.2, -0.15) is 0 Å². The van der Waals surface area contributed by atoms with Gasteiger partial charge in [-0.05, 0) is 41.6 Å². The van der Waals surface area contributed by atoms with Gasteiger partial charge in [-0.25, -0.2) is 0 Å². The molecule has 4 heteroatoms. The molecule has 3 nitrogen and oxygen atoms in total. The number of rotatable bonds is 15. The van der Waals surface area contributed by atoms with Crippen LogP contribution < -0.4 is 10.4 Å². The van der Waals surface area contributed by atoms with Crippen LogP contribution >= 0.6 is 0 Å². The summed E-state index contributed by atoms with van der Waals surface area (Å²) in [4.78, 5) is 0. The monoisotopic (exact) mass is 468 g/mol. The molecule has 33 heavy (non-hydrogen) atoms. The normalized spacial score (nSPS) is 14.1. The predicted octanol–water partition coefficient (Wildman–Crippen LogP) is 6.47. The maximum Gasteiger partial charge on any atom is 0.261 e. The number of benzene rings is 2. The Morgan fingerprint density at radius 3 is 1.91 bits per heavy atom. The second-order valence-corrected chi connectivity index (χ2v) is 14.2. The number of hydrogen-bond donors (Lipinski definition) is 0. The molecule has 2 aromatic carbocycles. The second kappa shape index (κ2) is 13.9. The van der Waals surface area contributed by atoms with Crippen molar-refractivity contribution in [3.05, 3.63) is 73.3 Å². The van der Waals surface area contributed by atoms with E-state index in [4.69, 9.17) is 13.9 Å². The van der Waals surface area contributed by atoms with Crippen LogP contribution in [0.5, 0.6) is 0 Å². The Bertz CT molecular complexity index is 746. The van der Waals surface area contributed by atoms with Crippen LogP contribution in [0.3, 0.4) is 0 Å². The minimum atomic E-state index is -2.47. The summed E-state index contributed by atoms with van der Waals surface area (Å²) in [6.07, 6.45) is 8.79. The number of unbranched alkanes of at least 4 members (excludes halogenated alkanes) is 2. The molecular weight excluding hydrogens is 424 g/mol. The first-order chi connectivity index (χ1) is 15.8. The van der Waals surface area contributed by atoms with Crippen molar-refractivity contribution in [2.24, 2.45) is 0 Å². The molecular formula is C29H44O3Si. The Morgan fingerprint density at radius 2 is 1.42 bits per heavy atom. The van der Waals surface area contributed by atoms with Crippen LogP contribution in [0.15, 0.2) is 73.3 Å². The summed E-state index contributed by atoms with van der Waals surface area (Å²) in [7, 11) is -0.805. The van der Waals surface area contributed by atoms with Gasteiger partial charge in [-0.1, -0.05) is 107 Å². The maximum atomic E-state index is 7.18. The molecule has 0 saturated carbocycles. The Labute approximate surface area is 203 Å². The minimum Gasteiger partial charge on any atom is -0.405 e. The van der Waals surface area contributed by atoms with Gasteiger partial charge in [0.05, 0.1) is 6.10 Å². The fourth-order valence-corrected chi connectivity index (χ4v) is 9.39. The van der Waals surface area contributed by atoms with E-state index < -0.39 is 8.32 Å². The molecule has 2 rings (SSSR count). The van der Waals surface area contributed by atoms with Gasteiger partial charge >= 0.3 is 0 Å². The molecule has 0 unspecified atom stereocenters. The first-order valence-electron chi connectivity index (χ1n) is 12.4. The Kier molecular flexibility index (Phi) is 11.6. The van der Waals surface area contributed by atoms with Gasteiger partial charge in [0.2, 0.25) is 0 Å². The molecule has 0 aliphatic carbocycles. The Hall–Kier alpha value is -1.72. The average molecular weight is 469 g/mol. The van der Waals surface area contributed by atoms with E-state index in [1.807, 2.05) is 6.08 Å². The molecule has 0 heterocycles. The van der Waals surface area contributed by atoms with Gasteiger partial charge in [0.25, 0.3) is 8.32 Å². The molecule has 0 saturated heterocycles. The molecule has 0 N–H and O–H groups in total. The van der Waals surface area contributed by atoms with Crippen LogP contribution in [0, 0.1) is 0 Å². The van der Waals surface area contributed by atoms with E-state index in [9.17, 15) is 0 Å². The Balaban J connectivity index is 2.06. The van der Waals surface area contributed by atoms with Crippen LogP contribution in [0.1, 0.15) is 66.2 Å². The van der Waals surface area contributed by atoms with Gasteiger partial charge in [-0.3, -0.25) is 0 Å². The largest absolute Gasteiger partial charge is 0.405 e. The SMILES string of the molecule is C=CC[C@H](CCCCC[C@H](C)O[Si](c1ccccc1)(c1ccccc1)C(C)(C)C)OCOC. The zero-order chi connectivity index (χ0) is 24.2. The third-order valence-corrected chi connectivity index (χ3v) is 11.4. The topological polar surface area (TPSA) is 27.7 Å². The quantitative estimate of drug-likeness (QED) is 0.130. The van der Waals surface area contributed by atoms with Gasteiger partial charge < -0.3 is 13.9 Å². The molecule has 2 atom stereocenters. The smallest absolute Gasteiger partial charge is 0.261 e. The lowest BCUT2D eigenvalue weighted by molar-refractivity contribution is -0.0733. The summed E-state index contributed by atoms with van der Waals surface area (Å²) >= 11 is 0. The molecule has 0 bridgehead atoms. The molecule has 2 aromatic rings. The predicted molar refractivity (Wildman–Crippen MR) is 143 cm³/mol. The van der Waals surface area contributed by atoms with Crippen molar-refractivity contribution in [3.63, 3.8) is 0 Å². The summed E-state index contributed by atoms with van der Waals surface area (Å²) < 4.78 is 18.0. The first kappa shape index (κ1) is 27.5. The van der Waals surface area contributed by atoms with Crippen molar-refractivity contribution in [1.82, 2.24) is 0 Å². The molecule has 182 valence electrons. The molecule has 0 aliphatic rings. The zero-order valence-corrected chi connectivity index (χ0v) is 22.4. The van der Waals surface area contributed by atoms with Crippen LogP contribution in [0.2, 0.25) is 5.04 Å². The molecule has 0 fully saturated rings. The number of hydrogen-bond acceptors (Lipinski definition) is 3. The van der Waals surface area contributed by atoms with Crippen molar-refractivity contribution in [3.8, 4) is 0 Å². The van der Waals surface area contributed by atoms with Crippen molar-refractivity contribution in [2.45, 2.75) is 83.5 Å². The van der Waals surface area contributed by atoms with Gasteiger partial charge in [-0.15, -0.1) is 6.58 Å². The molecule has 0 amide bonds. The van der Waals surface area contributed by atoms with E-state index in [1.165, 1.54) is 16.8 Å². The summed E-state index contributed by atoms with van der Waals surface area (Å²) in [5, 5.41) is 2.71. The maximum absolute atomic E-state index is 7.18. The highest BCUT2D eigenvalue weighted by Crippen LogP contribution is 2.38. The van der Waals surface area contributed by atoms with E-state index in [2.05, 4.69) is 94.9 Å². The molecule has 0 aromatic heterocycles. The van der Waals surface area contributed by atoms with Crippen LogP contribution in [-0.4, -0.2) is 34.4 Å². The van der Waals surface area contributed by atoms with Crippen molar-refractivity contribution in [1.29, 1.82) is 0 Å². The van der Waals surface area contributed by atoms with Crippen molar-refractivity contribution in [2.75, 3.05) is 13.9 Å². The lowest BCUT2D eigenvalue weighted by Crippen LogP contribution is -2.67. The highest BCUT2D eigenvalue weighted by Gasteiger charge is 2.50. The van der Waals surface area contributed by atoms with Crippen molar-refractivity contribution >= 4 is 18.7 Å². The summed E-state index contributed by atoms with van der Waals surface area (Å²) in [6, 6.07) is 21.8.